The third-order valence-corrected chi connectivity index (χ3v) is 3.94. The van der Waals surface area contributed by atoms with E-state index in [0.717, 1.165) is 35.5 Å². The van der Waals surface area contributed by atoms with Crippen LogP contribution in [0.1, 0.15) is 29.0 Å². The molecule has 0 saturated carbocycles. The number of nitrogens with zero attached hydrogens (tertiary/aromatic N) is 2. The van der Waals surface area contributed by atoms with Crippen molar-refractivity contribution in [2.24, 2.45) is 0 Å². The van der Waals surface area contributed by atoms with E-state index in [2.05, 4.69) is 16.0 Å². The van der Waals surface area contributed by atoms with Crippen LogP contribution < -0.4 is 4.90 Å². The quantitative estimate of drug-likeness (QED) is 0.940. The monoisotopic (exact) mass is 282 g/mol. The number of carboxylic acid groups (broad SMARTS) is 1. The number of pyridine rings is 1. The molecule has 0 spiro atoms. The van der Waals surface area contributed by atoms with Crippen molar-refractivity contribution in [3.63, 3.8) is 0 Å². The van der Waals surface area contributed by atoms with E-state index in [0.29, 0.717) is 6.42 Å². The van der Waals surface area contributed by atoms with Crippen molar-refractivity contribution in [1.29, 1.82) is 0 Å². The normalized spacial score (nSPS) is 17.4. The summed E-state index contributed by atoms with van der Waals surface area (Å²) >= 11 is 0. The van der Waals surface area contributed by atoms with Crippen molar-refractivity contribution in [1.82, 2.24) is 4.98 Å². The van der Waals surface area contributed by atoms with Crippen molar-refractivity contribution in [2.45, 2.75) is 25.8 Å². The molecule has 2 heterocycles. The number of para-hydroxylation sites is 1. The maximum absolute atomic E-state index is 11.4. The lowest BCUT2D eigenvalue weighted by Crippen LogP contribution is -2.33. The molecule has 4 heteroatoms. The zero-order valence-electron chi connectivity index (χ0n) is 12.0. The molecule has 21 heavy (non-hydrogen) atoms. The molecule has 0 bridgehead atoms. The molecule has 1 N–H and O–H groups in total. The molecule has 2 aromatic rings. The molecule has 108 valence electrons. The molecule has 1 aliphatic rings. The van der Waals surface area contributed by atoms with Crippen molar-refractivity contribution in [3.8, 4) is 0 Å². The van der Waals surface area contributed by atoms with Crippen LogP contribution in [0.15, 0.2) is 42.7 Å². The molecule has 3 rings (SSSR count). The first-order valence-corrected chi connectivity index (χ1v) is 7.12. The van der Waals surface area contributed by atoms with Crippen LogP contribution in [0.2, 0.25) is 0 Å². The number of aryl methyl sites for hydroxylation is 1. The molecule has 1 aliphatic heterocycles. The minimum Gasteiger partial charge on any atom is -0.481 e. The predicted molar refractivity (Wildman–Crippen MR) is 81.5 cm³/mol. The van der Waals surface area contributed by atoms with Crippen LogP contribution >= 0.6 is 0 Å². The number of fused-ring (bicyclic) bond motifs is 1. The molecule has 0 aliphatic carbocycles. The summed E-state index contributed by atoms with van der Waals surface area (Å²) in [7, 11) is 0. The fraction of sp³-hybridized carbons (Fsp3) is 0.294. The number of benzene rings is 1. The fourth-order valence-electron chi connectivity index (χ4n) is 2.98. The summed E-state index contributed by atoms with van der Waals surface area (Å²) in [5.41, 5.74) is 4.23. The second-order valence-electron chi connectivity index (χ2n) is 5.53. The molecular formula is C17H18N2O2. The van der Waals surface area contributed by atoms with Crippen LogP contribution in [0, 0.1) is 6.92 Å². The summed E-state index contributed by atoms with van der Waals surface area (Å²) in [5.74, 6) is -1.13. The lowest BCUT2D eigenvalue weighted by atomic mass is 9.90. The number of carbonyl (C=O) groups is 1. The highest BCUT2D eigenvalue weighted by Crippen LogP contribution is 2.36. The zero-order chi connectivity index (χ0) is 14.8. The van der Waals surface area contributed by atoms with Gasteiger partial charge in [0.2, 0.25) is 0 Å². The molecule has 1 aromatic carbocycles. The van der Waals surface area contributed by atoms with E-state index in [9.17, 15) is 9.90 Å². The minimum atomic E-state index is -0.737. The minimum absolute atomic E-state index is 0.395. The van der Waals surface area contributed by atoms with E-state index in [4.69, 9.17) is 0 Å². The number of aliphatic carboxylic acids is 1. The Bertz CT molecular complexity index is 669. The van der Waals surface area contributed by atoms with Crippen molar-refractivity contribution < 1.29 is 9.90 Å². The average molecular weight is 282 g/mol. The molecule has 0 amide bonds. The fourth-order valence-corrected chi connectivity index (χ4v) is 2.98. The molecule has 0 fully saturated rings. The van der Waals surface area contributed by atoms with Gasteiger partial charge in [-0.25, -0.2) is 0 Å². The van der Waals surface area contributed by atoms with Gasteiger partial charge in [-0.15, -0.1) is 0 Å². The van der Waals surface area contributed by atoms with Crippen LogP contribution in [0.25, 0.3) is 0 Å². The maximum Gasteiger partial charge on any atom is 0.311 e. The molecular weight excluding hydrogens is 264 g/mol. The third kappa shape index (κ3) is 2.75. The van der Waals surface area contributed by atoms with Gasteiger partial charge in [-0.05, 0) is 36.1 Å². The summed E-state index contributed by atoms with van der Waals surface area (Å²) in [4.78, 5) is 17.9. The Hall–Kier alpha value is -2.36. The maximum atomic E-state index is 11.4. The Labute approximate surface area is 124 Å². The Kier molecular flexibility index (Phi) is 3.60. The van der Waals surface area contributed by atoms with Crippen molar-refractivity contribution >= 4 is 11.7 Å². The van der Waals surface area contributed by atoms with E-state index in [1.165, 1.54) is 0 Å². The molecule has 1 atom stereocenters. The molecule has 1 aromatic heterocycles. The first kappa shape index (κ1) is 13.6. The molecule has 4 nitrogen and oxygen atoms in total. The van der Waals surface area contributed by atoms with E-state index in [1.54, 1.807) is 0 Å². The molecule has 1 unspecified atom stereocenters. The smallest absolute Gasteiger partial charge is 0.311 e. The second kappa shape index (κ2) is 5.56. The lowest BCUT2D eigenvalue weighted by molar-refractivity contribution is -0.139. The third-order valence-electron chi connectivity index (χ3n) is 3.94. The average Bonchev–Trinajstić information content (AvgIpc) is 2.47. The van der Waals surface area contributed by atoms with Crippen LogP contribution in [-0.4, -0.2) is 22.6 Å². The van der Waals surface area contributed by atoms with Gasteiger partial charge >= 0.3 is 5.97 Å². The highest BCUT2D eigenvalue weighted by atomic mass is 16.4. The highest BCUT2D eigenvalue weighted by molar-refractivity contribution is 5.80. The van der Waals surface area contributed by atoms with E-state index >= 15 is 0 Å². The molecule has 0 radical (unpaired) electrons. The van der Waals surface area contributed by atoms with Gasteiger partial charge in [-0.2, -0.15) is 0 Å². The summed E-state index contributed by atoms with van der Waals surface area (Å²) in [6.45, 7) is 3.54. The van der Waals surface area contributed by atoms with Gasteiger partial charge < -0.3 is 10.0 Å². The van der Waals surface area contributed by atoms with Crippen molar-refractivity contribution in [3.05, 3.63) is 59.4 Å². The highest BCUT2D eigenvalue weighted by Gasteiger charge is 2.29. The summed E-state index contributed by atoms with van der Waals surface area (Å²) < 4.78 is 0. The topological polar surface area (TPSA) is 53.4 Å². The van der Waals surface area contributed by atoms with Gasteiger partial charge in [-0.1, -0.05) is 24.3 Å². The number of anilines is 1. The largest absolute Gasteiger partial charge is 0.481 e. The summed E-state index contributed by atoms with van der Waals surface area (Å²) in [6, 6.07) is 9.93. The number of hydrogen-bond acceptors (Lipinski definition) is 3. The van der Waals surface area contributed by atoms with Gasteiger partial charge in [0.05, 0.1) is 5.92 Å². The number of carboxylic acids is 1. The first-order chi connectivity index (χ1) is 10.1. The number of aromatic nitrogens is 1. The van der Waals surface area contributed by atoms with E-state index in [-0.39, 0.29) is 0 Å². The van der Waals surface area contributed by atoms with Gasteiger partial charge in [0.1, 0.15) is 0 Å². The summed E-state index contributed by atoms with van der Waals surface area (Å²) in [5, 5.41) is 9.37. The Morgan fingerprint density at radius 2 is 2.19 bits per heavy atom. The van der Waals surface area contributed by atoms with Crippen LogP contribution in [0.3, 0.4) is 0 Å². The van der Waals surface area contributed by atoms with Gasteiger partial charge in [0.15, 0.2) is 0 Å². The van der Waals surface area contributed by atoms with E-state index < -0.39 is 11.9 Å². The lowest BCUT2D eigenvalue weighted by Gasteiger charge is -2.34. The number of rotatable bonds is 3. The predicted octanol–water partition coefficient (Wildman–Crippen LogP) is 2.97. The SMILES string of the molecule is Cc1cncc(CN2CCC(C(=O)O)c3ccccc32)c1. The van der Waals surface area contributed by atoms with Crippen LogP contribution in [-0.2, 0) is 11.3 Å². The second-order valence-corrected chi connectivity index (χ2v) is 5.53. The first-order valence-electron chi connectivity index (χ1n) is 7.12. The Morgan fingerprint density at radius 3 is 2.95 bits per heavy atom. The van der Waals surface area contributed by atoms with E-state index in [1.807, 2.05) is 43.6 Å². The zero-order valence-corrected chi connectivity index (χ0v) is 12.0. The van der Waals surface area contributed by atoms with Crippen LogP contribution in [0.4, 0.5) is 5.69 Å². The van der Waals surface area contributed by atoms with Gasteiger partial charge in [0, 0.05) is 31.2 Å². The van der Waals surface area contributed by atoms with Crippen molar-refractivity contribution in [2.75, 3.05) is 11.4 Å². The van der Waals surface area contributed by atoms with Gasteiger partial charge in [0.25, 0.3) is 0 Å². The molecule has 0 saturated heterocycles. The number of hydrogen-bond donors (Lipinski definition) is 1. The summed E-state index contributed by atoms with van der Waals surface area (Å²) in [6.07, 6.45) is 4.36. The standard InChI is InChI=1S/C17H18N2O2/c1-12-8-13(10-18-9-12)11-19-7-6-15(17(20)21)14-4-2-3-5-16(14)19/h2-5,8-10,15H,6-7,11H2,1H3,(H,20,21). The van der Waals surface area contributed by atoms with Gasteiger partial charge in [-0.3, -0.25) is 9.78 Å². The van der Waals surface area contributed by atoms with Crippen LogP contribution in [0.5, 0.6) is 0 Å². The Balaban J connectivity index is 1.91. The Morgan fingerprint density at radius 1 is 1.38 bits per heavy atom.